The first kappa shape index (κ1) is 18.5. The first-order valence-corrected chi connectivity index (χ1v) is 8.70. The summed E-state index contributed by atoms with van der Waals surface area (Å²) in [6.45, 7) is 8.27. The van der Waals surface area contributed by atoms with Crippen molar-refractivity contribution in [3.63, 3.8) is 0 Å². The van der Waals surface area contributed by atoms with Crippen LogP contribution in [0.5, 0.6) is 0 Å². The zero-order valence-electron chi connectivity index (χ0n) is 14.1. The highest BCUT2D eigenvalue weighted by Crippen LogP contribution is 2.20. The molecule has 1 heterocycles. The highest BCUT2D eigenvalue weighted by molar-refractivity contribution is 4.88. The molecule has 5 unspecified atom stereocenters. The highest BCUT2D eigenvalue weighted by atomic mass is 16.6. The quantitative estimate of drug-likeness (QED) is 0.188. The Hall–Kier alpha value is -0.840. The van der Waals surface area contributed by atoms with E-state index in [-0.39, 0.29) is 28.5 Å². The summed E-state index contributed by atoms with van der Waals surface area (Å²) < 4.78 is 0. The second-order valence-electron chi connectivity index (χ2n) is 6.41. The second-order valence-corrected chi connectivity index (χ2v) is 6.41. The number of hydroxylamine groups is 1. The van der Waals surface area contributed by atoms with Crippen LogP contribution >= 0.6 is 0 Å². The normalized spacial score (nSPS) is 34.3. The highest BCUT2D eigenvalue weighted by Gasteiger charge is 2.44. The van der Waals surface area contributed by atoms with E-state index in [1.165, 1.54) is 0 Å². The number of hydrogen-bond donors (Lipinski definition) is 4. The van der Waals surface area contributed by atoms with E-state index in [2.05, 4.69) is 34.8 Å². The fourth-order valence-corrected chi connectivity index (χ4v) is 3.53. The largest absolute Gasteiger partial charge is 0.613 e. The number of rotatable bonds is 8. The van der Waals surface area contributed by atoms with Gasteiger partial charge in [0.2, 0.25) is 6.04 Å². The van der Waals surface area contributed by atoms with E-state index in [4.69, 9.17) is 0 Å². The van der Waals surface area contributed by atoms with E-state index < -0.39 is 6.04 Å². The minimum Gasteiger partial charge on any atom is -0.613 e. The molecule has 0 aromatic heterocycles. The van der Waals surface area contributed by atoms with Crippen LogP contribution in [0.4, 0.5) is 0 Å². The number of hydrogen-bond acceptors (Lipinski definition) is 7. The summed E-state index contributed by atoms with van der Waals surface area (Å²) in [5.74, 6) is 0. The molecule has 0 amide bonds. The molecule has 1 aliphatic carbocycles. The van der Waals surface area contributed by atoms with E-state index in [0.29, 0.717) is 19.3 Å². The molecule has 1 saturated heterocycles. The molecule has 9 heteroatoms. The second kappa shape index (κ2) is 8.86. The Morgan fingerprint density at radius 2 is 2.09 bits per heavy atom. The lowest BCUT2D eigenvalue weighted by molar-refractivity contribution is -0.936. The molecule has 23 heavy (non-hydrogen) atoms. The molecule has 2 rings (SSSR count). The van der Waals surface area contributed by atoms with Crippen molar-refractivity contribution >= 4 is 0 Å². The molecule has 0 aromatic carbocycles. The Balaban J connectivity index is 1.73. The van der Waals surface area contributed by atoms with Crippen molar-refractivity contribution in [1.29, 1.82) is 0 Å². The Morgan fingerprint density at radius 1 is 1.35 bits per heavy atom. The number of nitrogens with zero attached hydrogens (tertiary/aromatic N) is 2. The van der Waals surface area contributed by atoms with Gasteiger partial charge in [-0.25, -0.2) is 0 Å². The van der Waals surface area contributed by atoms with E-state index in [9.17, 15) is 15.3 Å². The van der Waals surface area contributed by atoms with Crippen LogP contribution in [0.1, 0.15) is 39.5 Å². The summed E-state index contributed by atoms with van der Waals surface area (Å²) in [6.07, 6.45) is 2.36. The molecular formula is C14H30N6O3. The lowest BCUT2D eigenvalue weighted by atomic mass is 9.86. The topological polar surface area (TPSA) is 110 Å². The summed E-state index contributed by atoms with van der Waals surface area (Å²) in [7, 11) is 0. The molecule has 2 aliphatic rings. The minimum atomic E-state index is -0.581. The van der Waals surface area contributed by atoms with Crippen LogP contribution in [0.2, 0.25) is 0 Å². The average molecular weight is 330 g/mol. The number of fused-ring (bicyclic) bond motifs is 1. The van der Waals surface area contributed by atoms with Gasteiger partial charge in [0.25, 0.3) is 0 Å². The molecule has 1 aliphatic heterocycles. The predicted octanol–water partition coefficient (Wildman–Crippen LogP) is -1.35. The molecule has 4 N–H and O–H groups in total. The third kappa shape index (κ3) is 5.07. The zero-order chi connectivity index (χ0) is 16.8. The molecule has 0 spiro atoms. The van der Waals surface area contributed by atoms with Crippen LogP contribution in [0.3, 0.4) is 0 Å². The molecule has 0 bridgehead atoms. The van der Waals surface area contributed by atoms with Gasteiger partial charge in [0.05, 0.1) is 12.5 Å². The van der Waals surface area contributed by atoms with Gasteiger partial charge in [-0.3, -0.25) is 25.9 Å². The van der Waals surface area contributed by atoms with Crippen molar-refractivity contribution in [2.75, 3.05) is 26.2 Å². The monoisotopic (exact) mass is 330 g/mol. The van der Waals surface area contributed by atoms with E-state index in [1.807, 2.05) is 0 Å². The van der Waals surface area contributed by atoms with Gasteiger partial charge in [-0.05, 0) is 39.0 Å². The summed E-state index contributed by atoms with van der Waals surface area (Å²) in [6, 6.07) is -0.824. The van der Waals surface area contributed by atoms with Crippen molar-refractivity contribution in [3.05, 3.63) is 15.3 Å². The van der Waals surface area contributed by atoms with Gasteiger partial charge >= 0.3 is 0 Å². The van der Waals surface area contributed by atoms with Gasteiger partial charge < -0.3 is 10.1 Å². The van der Waals surface area contributed by atoms with Crippen molar-refractivity contribution in [1.82, 2.24) is 21.0 Å². The van der Waals surface area contributed by atoms with Crippen LogP contribution in [0, 0.1) is 15.3 Å². The summed E-state index contributed by atoms with van der Waals surface area (Å²) >= 11 is 0. The number of quaternary nitrogens is 1. The van der Waals surface area contributed by atoms with E-state index >= 15 is 0 Å². The lowest BCUT2D eigenvalue weighted by Gasteiger charge is -2.47. The molecule has 134 valence electrons. The summed E-state index contributed by atoms with van der Waals surface area (Å²) in [4.78, 5) is 13.0. The fourth-order valence-electron chi connectivity index (χ4n) is 3.53. The Bertz CT molecular complexity index is 382. The van der Waals surface area contributed by atoms with Crippen LogP contribution < -0.4 is 21.2 Å². The molecular weight excluding hydrogens is 300 g/mol. The Morgan fingerprint density at radius 3 is 2.74 bits per heavy atom. The average Bonchev–Trinajstić information content (AvgIpc) is 2.54. The van der Waals surface area contributed by atoms with Crippen molar-refractivity contribution in [3.8, 4) is 0 Å². The van der Waals surface area contributed by atoms with E-state index in [0.717, 1.165) is 32.6 Å². The molecule has 1 saturated carbocycles. The standard InChI is InChI=1S/C14H30N6O3/c1-3-18(4-2)9-5-8-15-14-16-12-7-6-11(20(22)23)10-13(12)19(21)17-14/h11-17,19H,3-10H2,1-2H3. The molecule has 0 aromatic rings. The van der Waals surface area contributed by atoms with Gasteiger partial charge in [0.1, 0.15) is 6.04 Å². The third-order valence-corrected chi connectivity index (χ3v) is 5.02. The van der Waals surface area contributed by atoms with Crippen LogP contribution in [0.25, 0.3) is 0 Å². The maximum absolute atomic E-state index is 12.2. The van der Waals surface area contributed by atoms with Gasteiger partial charge in [0.15, 0.2) is 6.29 Å². The van der Waals surface area contributed by atoms with Crippen molar-refractivity contribution < 1.29 is 10.1 Å². The molecule has 5 atom stereocenters. The molecule has 2 fully saturated rings. The molecule has 0 radical (unpaired) electrons. The third-order valence-electron chi connectivity index (χ3n) is 5.02. The minimum absolute atomic E-state index is 0.0419. The number of nitrogens with one attached hydrogen (secondary N) is 4. The first-order valence-electron chi connectivity index (χ1n) is 8.70. The Kier molecular flexibility index (Phi) is 7.12. The lowest BCUT2D eigenvalue weighted by Crippen LogP contribution is -3.23. The van der Waals surface area contributed by atoms with Gasteiger partial charge in [0, 0.05) is 11.3 Å². The van der Waals surface area contributed by atoms with Gasteiger partial charge in [-0.15, -0.1) is 5.43 Å². The van der Waals surface area contributed by atoms with E-state index in [1.54, 1.807) is 0 Å². The first-order chi connectivity index (χ1) is 11.0. The van der Waals surface area contributed by atoms with Crippen LogP contribution in [-0.4, -0.2) is 60.4 Å². The van der Waals surface area contributed by atoms with Gasteiger partial charge in [-0.2, -0.15) is 0 Å². The summed E-state index contributed by atoms with van der Waals surface area (Å²) in [5.41, 5.74) is 2.89. The maximum atomic E-state index is 12.2. The Labute approximate surface area is 137 Å². The fraction of sp³-hybridized carbons (Fsp3) is 1.00. The van der Waals surface area contributed by atoms with Crippen LogP contribution in [-0.2, 0) is 0 Å². The zero-order valence-corrected chi connectivity index (χ0v) is 14.1. The summed E-state index contributed by atoms with van der Waals surface area (Å²) in [5, 5.41) is 29.8. The predicted molar refractivity (Wildman–Crippen MR) is 87.0 cm³/mol. The van der Waals surface area contributed by atoms with Crippen LogP contribution in [0.15, 0.2) is 0 Å². The van der Waals surface area contributed by atoms with Crippen molar-refractivity contribution in [2.24, 2.45) is 0 Å². The van der Waals surface area contributed by atoms with Gasteiger partial charge in [-0.1, -0.05) is 13.8 Å². The smallest absolute Gasteiger partial charge is 0.219 e. The number of nitro groups is 1. The maximum Gasteiger partial charge on any atom is 0.219 e. The van der Waals surface area contributed by atoms with Crippen molar-refractivity contribution in [2.45, 2.75) is 63.9 Å². The SMILES string of the molecule is CCN(CC)CCCNC1NC2CCC([N+](=O)[O-])CC2[NH+]([O-])N1. The molecule has 9 nitrogen and oxygen atoms in total.